The van der Waals surface area contributed by atoms with E-state index < -0.39 is 5.97 Å². The second-order valence-corrected chi connectivity index (χ2v) is 7.32. The van der Waals surface area contributed by atoms with Crippen LogP contribution in [-0.4, -0.2) is 47.5 Å². The Hall–Kier alpha value is -1.51. The number of aliphatic hydroxyl groups excluding tert-OH is 1. The molecule has 138 valence electrons. The number of thiazole rings is 1. The van der Waals surface area contributed by atoms with Gasteiger partial charge in [0.1, 0.15) is 17.2 Å². The summed E-state index contributed by atoms with van der Waals surface area (Å²) in [7, 11) is 0. The van der Waals surface area contributed by atoms with Gasteiger partial charge in [-0.15, -0.1) is 11.3 Å². The predicted molar refractivity (Wildman–Crippen MR) is 89.2 cm³/mol. The normalized spacial score (nSPS) is 31.4. The first kappa shape index (κ1) is 18.3. The fourth-order valence-corrected chi connectivity index (χ4v) is 4.68. The Kier molecular flexibility index (Phi) is 5.71. The number of aromatic nitrogens is 1. The van der Waals surface area contributed by atoms with E-state index in [2.05, 4.69) is 4.98 Å². The molecule has 7 nitrogen and oxygen atoms in total. The van der Waals surface area contributed by atoms with Crippen LogP contribution in [0.25, 0.3) is 0 Å². The van der Waals surface area contributed by atoms with Gasteiger partial charge in [0.15, 0.2) is 5.69 Å². The molecule has 8 heteroatoms. The van der Waals surface area contributed by atoms with E-state index in [0.29, 0.717) is 18.7 Å². The second kappa shape index (κ2) is 7.80. The lowest BCUT2D eigenvalue weighted by Gasteiger charge is -2.33. The van der Waals surface area contributed by atoms with Gasteiger partial charge in [0.25, 0.3) is 0 Å². The predicted octanol–water partition coefficient (Wildman–Crippen LogP) is 2.10. The lowest BCUT2D eigenvalue weighted by molar-refractivity contribution is -0.149. The number of nitrogens with zero attached hydrogens (tertiary/aromatic N) is 1. The van der Waals surface area contributed by atoms with E-state index in [-0.39, 0.29) is 42.7 Å². The molecule has 5 atom stereocenters. The molecule has 1 N–H and O–H groups in total. The number of carbonyl (C=O) groups excluding carboxylic acids is 2. The molecule has 3 rings (SSSR count). The number of carbonyl (C=O) groups is 2. The molecule has 1 aliphatic carbocycles. The van der Waals surface area contributed by atoms with Crippen LogP contribution in [0.3, 0.4) is 0 Å². The zero-order chi connectivity index (χ0) is 18.0. The minimum atomic E-state index is -0.421. The number of ether oxygens (including phenoxy) is 3. The van der Waals surface area contributed by atoms with Gasteiger partial charge in [0.2, 0.25) is 0 Å². The van der Waals surface area contributed by atoms with E-state index in [1.807, 2.05) is 0 Å². The molecule has 0 radical (unpaired) electrons. The summed E-state index contributed by atoms with van der Waals surface area (Å²) >= 11 is 1.39. The number of rotatable bonds is 5. The highest BCUT2D eigenvalue weighted by Gasteiger charge is 2.48. The Labute approximate surface area is 150 Å². The van der Waals surface area contributed by atoms with Gasteiger partial charge in [-0.05, 0) is 25.7 Å². The summed E-state index contributed by atoms with van der Waals surface area (Å²) in [5.41, 5.74) is 0.310. The quantitative estimate of drug-likeness (QED) is 0.794. The van der Waals surface area contributed by atoms with E-state index >= 15 is 0 Å². The maximum Gasteiger partial charge on any atom is 0.357 e. The molecule has 0 spiro atoms. The van der Waals surface area contributed by atoms with Crippen molar-refractivity contribution in [2.75, 3.05) is 13.2 Å². The van der Waals surface area contributed by atoms with Crippen molar-refractivity contribution >= 4 is 23.3 Å². The first-order valence-corrected chi connectivity index (χ1v) is 9.47. The van der Waals surface area contributed by atoms with Crippen molar-refractivity contribution in [3.63, 3.8) is 0 Å². The van der Waals surface area contributed by atoms with E-state index in [0.717, 1.165) is 17.8 Å². The van der Waals surface area contributed by atoms with Crippen LogP contribution in [0.15, 0.2) is 5.38 Å². The largest absolute Gasteiger partial charge is 0.462 e. The number of esters is 2. The fraction of sp³-hybridized carbons (Fsp3) is 0.706. The summed E-state index contributed by atoms with van der Waals surface area (Å²) < 4.78 is 16.5. The third kappa shape index (κ3) is 3.86. The van der Waals surface area contributed by atoms with Crippen molar-refractivity contribution in [2.45, 2.75) is 51.4 Å². The Morgan fingerprint density at radius 2 is 2.24 bits per heavy atom. The molecule has 1 aromatic rings. The zero-order valence-corrected chi connectivity index (χ0v) is 15.2. The van der Waals surface area contributed by atoms with Gasteiger partial charge < -0.3 is 19.3 Å². The molecule has 2 heterocycles. The molecule has 1 saturated carbocycles. The molecule has 1 saturated heterocycles. The summed E-state index contributed by atoms with van der Waals surface area (Å²) in [5, 5.41) is 12.1. The highest BCUT2D eigenvalue weighted by molar-refractivity contribution is 7.09. The third-order valence-electron chi connectivity index (χ3n) is 4.88. The van der Waals surface area contributed by atoms with E-state index in [4.69, 9.17) is 14.2 Å². The Morgan fingerprint density at radius 3 is 2.92 bits per heavy atom. The summed E-state index contributed by atoms with van der Waals surface area (Å²) in [5.74, 6) is -0.663. The summed E-state index contributed by atoms with van der Waals surface area (Å²) in [4.78, 5) is 27.4. The maximum atomic E-state index is 11.8. The Bertz CT molecular complexity index is 632. The second-order valence-electron chi connectivity index (χ2n) is 6.43. The summed E-state index contributed by atoms with van der Waals surface area (Å²) in [6.45, 7) is 3.44. The number of aliphatic hydroxyl groups is 1. The highest BCUT2D eigenvalue weighted by atomic mass is 32.1. The highest BCUT2D eigenvalue weighted by Crippen LogP contribution is 2.46. The minimum absolute atomic E-state index is 0.0165. The average Bonchev–Trinajstić information content (AvgIpc) is 3.18. The third-order valence-corrected chi connectivity index (χ3v) is 5.82. The first-order valence-electron chi connectivity index (χ1n) is 8.59. The SMILES string of the molecule is CCOC(=O)c1csc([C@H]2CC[C@@H]3[C@@H](CO)[C@H](OC(C)=O)C[C@@H]3O2)n1. The van der Waals surface area contributed by atoms with Gasteiger partial charge in [-0.3, -0.25) is 4.79 Å². The van der Waals surface area contributed by atoms with Crippen molar-refractivity contribution in [3.8, 4) is 0 Å². The number of fused-ring (bicyclic) bond motifs is 1. The average molecular weight is 369 g/mol. The van der Waals surface area contributed by atoms with Gasteiger partial charge in [-0.25, -0.2) is 9.78 Å². The van der Waals surface area contributed by atoms with Crippen LogP contribution >= 0.6 is 11.3 Å². The first-order chi connectivity index (χ1) is 12.0. The standard InChI is InChI=1S/C17H23NO6S/c1-3-22-17(21)12-8-25-16(18-12)13-5-4-10-11(7-19)15(23-9(2)20)6-14(10)24-13/h8,10-11,13-15,19H,3-7H2,1-2H3/t10-,11-,13-,14+,15-/m1/s1. The van der Waals surface area contributed by atoms with E-state index in [1.54, 1.807) is 12.3 Å². The lowest BCUT2D eigenvalue weighted by atomic mass is 9.87. The molecule has 1 aliphatic heterocycles. The van der Waals surface area contributed by atoms with Crippen molar-refractivity contribution < 1.29 is 28.9 Å². The van der Waals surface area contributed by atoms with Crippen molar-refractivity contribution in [3.05, 3.63) is 16.1 Å². The van der Waals surface area contributed by atoms with Gasteiger partial charge in [-0.2, -0.15) is 0 Å². The van der Waals surface area contributed by atoms with Crippen LogP contribution in [-0.2, 0) is 19.0 Å². The summed E-state index contributed by atoms with van der Waals surface area (Å²) in [6.07, 6.45) is 1.66. The molecule has 2 fully saturated rings. The van der Waals surface area contributed by atoms with Crippen LogP contribution in [0.2, 0.25) is 0 Å². The minimum Gasteiger partial charge on any atom is -0.462 e. The molecule has 0 unspecified atom stereocenters. The monoisotopic (exact) mass is 369 g/mol. The van der Waals surface area contributed by atoms with Crippen LogP contribution < -0.4 is 0 Å². The van der Waals surface area contributed by atoms with Gasteiger partial charge in [-0.1, -0.05) is 0 Å². The van der Waals surface area contributed by atoms with E-state index in [9.17, 15) is 14.7 Å². The molecule has 0 amide bonds. The zero-order valence-electron chi connectivity index (χ0n) is 14.3. The molecule has 25 heavy (non-hydrogen) atoms. The molecule has 0 aromatic carbocycles. The van der Waals surface area contributed by atoms with Crippen LogP contribution in [0, 0.1) is 11.8 Å². The molecular weight excluding hydrogens is 346 g/mol. The molecule has 2 aliphatic rings. The van der Waals surface area contributed by atoms with Crippen molar-refractivity contribution in [2.24, 2.45) is 11.8 Å². The molecule has 1 aromatic heterocycles. The van der Waals surface area contributed by atoms with Crippen molar-refractivity contribution in [1.82, 2.24) is 4.98 Å². The topological polar surface area (TPSA) is 95.0 Å². The smallest absolute Gasteiger partial charge is 0.357 e. The van der Waals surface area contributed by atoms with Gasteiger partial charge in [0.05, 0.1) is 12.7 Å². The van der Waals surface area contributed by atoms with Crippen molar-refractivity contribution in [1.29, 1.82) is 0 Å². The van der Waals surface area contributed by atoms with Crippen LogP contribution in [0.4, 0.5) is 0 Å². The van der Waals surface area contributed by atoms with Gasteiger partial charge in [0, 0.05) is 31.2 Å². The maximum absolute atomic E-state index is 11.8. The van der Waals surface area contributed by atoms with Crippen LogP contribution in [0.5, 0.6) is 0 Å². The van der Waals surface area contributed by atoms with Gasteiger partial charge >= 0.3 is 11.9 Å². The van der Waals surface area contributed by atoms with E-state index in [1.165, 1.54) is 18.3 Å². The Balaban J connectivity index is 1.67. The number of hydrogen-bond donors (Lipinski definition) is 1. The molecular formula is C17H23NO6S. The summed E-state index contributed by atoms with van der Waals surface area (Å²) in [6, 6.07) is 0. The lowest BCUT2D eigenvalue weighted by Crippen LogP contribution is -2.32. The fourth-order valence-electron chi connectivity index (χ4n) is 3.83. The van der Waals surface area contributed by atoms with Crippen LogP contribution in [0.1, 0.15) is 54.7 Å². The molecule has 0 bridgehead atoms. The Morgan fingerprint density at radius 1 is 1.44 bits per heavy atom. The number of hydrogen-bond acceptors (Lipinski definition) is 8.